The van der Waals surface area contributed by atoms with Crippen molar-refractivity contribution in [3.8, 4) is 0 Å². The lowest BCUT2D eigenvalue weighted by Gasteiger charge is -2.18. The fourth-order valence-electron chi connectivity index (χ4n) is 0.554. The van der Waals surface area contributed by atoms with E-state index >= 15 is 0 Å². The van der Waals surface area contributed by atoms with E-state index in [2.05, 4.69) is 0 Å². The van der Waals surface area contributed by atoms with E-state index in [1.807, 2.05) is 25.6 Å². The molecule has 0 unspecified atom stereocenters. The van der Waals surface area contributed by atoms with Crippen LogP contribution in [0.5, 0.6) is 0 Å². The van der Waals surface area contributed by atoms with E-state index in [1.54, 1.807) is 0 Å². The standard InChI is InChI=1S/C4H9NOS.C2H6/c6-5-1-3-7-4-2-5;1-2/h6H,1-4H2;1-2H3. The summed E-state index contributed by atoms with van der Waals surface area (Å²) < 4.78 is 0. The minimum atomic E-state index is 0.838. The Hall–Kier alpha value is 0.270. The predicted molar refractivity (Wildman–Crippen MR) is 42.0 cm³/mol. The van der Waals surface area contributed by atoms with Crippen molar-refractivity contribution in [1.29, 1.82) is 0 Å². The van der Waals surface area contributed by atoms with Gasteiger partial charge in [0.05, 0.1) is 0 Å². The van der Waals surface area contributed by atoms with Gasteiger partial charge in [-0.25, -0.2) is 0 Å². The fourth-order valence-corrected chi connectivity index (χ4v) is 1.44. The highest BCUT2D eigenvalue weighted by Crippen LogP contribution is 2.05. The fraction of sp³-hybridized carbons (Fsp3) is 1.00. The highest BCUT2D eigenvalue weighted by Gasteiger charge is 2.04. The molecule has 0 aliphatic carbocycles. The molecule has 9 heavy (non-hydrogen) atoms. The third kappa shape index (κ3) is 4.75. The molecule has 0 saturated carbocycles. The Morgan fingerprint density at radius 3 is 1.89 bits per heavy atom. The summed E-state index contributed by atoms with van der Waals surface area (Å²) in [6.07, 6.45) is 0. The lowest BCUT2D eigenvalue weighted by Crippen LogP contribution is -2.28. The molecule has 0 radical (unpaired) electrons. The normalized spacial score (nSPS) is 20.3. The van der Waals surface area contributed by atoms with Crippen LogP contribution in [-0.4, -0.2) is 34.9 Å². The molecule has 0 aromatic rings. The molecule has 1 N–H and O–H groups in total. The molecule has 0 bridgehead atoms. The first kappa shape index (κ1) is 9.27. The smallest absolute Gasteiger partial charge is 0.0329 e. The Balaban J connectivity index is 0.000000291. The van der Waals surface area contributed by atoms with E-state index < -0.39 is 0 Å². The summed E-state index contributed by atoms with van der Waals surface area (Å²) in [5, 5.41) is 10.1. The molecule has 56 valence electrons. The second-order valence-corrected chi connectivity index (χ2v) is 2.79. The average Bonchev–Trinajstić information content (AvgIpc) is 1.94. The van der Waals surface area contributed by atoms with Crippen molar-refractivity contribution >= 4 is 11.8 Å². The minimum Gasteiger partial charge on any atom is -0.314 e. The van der Waals surface area contributed by atoms with Gasteiger partial charge in [0.25, 0.3) is 0 Å². The number of nitrogens with zero attached hydrogens (tertiary/aromatic N) is 1. The summed E-state index contributed by atoms with van der Waals surface area (Å²) in [7, 11) is 0. The first-order valence-corrected chi connectivity index (χ1v) is 4.56. The molecule has 0 aromatic heterocycles. The van der Waals surface area contributed by atoms with E-state index in [9.17, 15) is 0 Å². The van der Waals surface area contributed by atoms with Crippen molar-refractivity contribution in [3.63, 3.8) is 0 Å². The van der Waals surface area contributed by atoms with Gasteiger partial charge in [-0.05, 0) is 0 Å². The second-order valence-electron chi connectivity index (χ2n) is 1.57. The lowest BCUT2D eigenvalue weighted by atomic mass is 10.6. The van der Waals surface area contributed by atoms with Crippen molar-refractivity contribution in [2.45, 2.75) is 13.8 Å². The van der Waals surface area contributed by atoms with Crippen LogP contribution in [0.25, 0.3) is 0 Å². The summed E-state index contributed by atoms with van der Waals surface area (Å²) in [6, 6.07) is 0. The van der Waals surface area contributed by atoms with Gasteiger partial charge >= 0.3 is 0 Å². The van der Waals surface area contributed by atoms with Crippen LogP contribution in [0, 0.1) is 0 Å². The molecule has 2 nitrogen and oxygen atoms in total. The van der Waals surface area contributed by atoms with Crippen LogP contribution in [0.1, 0.15) is 13.8 Å². The maximum absolute atomic E-state index is 8.73. The molecule has 1 heterocycles. The Morgan fingerprint density at radius 2 is 1.67 bits per heavy atom. The summed E-state index contributed by atoms with van der Waals surface area (Å²) in [5.41, 5.74) is 0. The van der Waals surface area contributed by atoms with Gasteiger partial charge < -0.3 is 5.21 Å². The highest BCUT2D eigenvalue weighted by atomic mass is 32.2. The zero-order chi connectivity index (χ0) is 7.11. The van der Waals surface area contributed by atoms with Crippen LogP contribution in [-0.2, 0) is 0 Å². The molecule has 0 aromatic carbocycles. The monoisotopic (exact) mass is 149 g/mol. The van der Waals surface area contributed by atoms with Gasteiger partial charge in [-0.2, -0.15) is 16.8 Å². The largest absolute Gasteiger partial charge is 0.314 e. The van der Waals surface area contributed by atoms with E-state index in [0.717, 1.165) is 24.6 Å². The molecule has 0 spiro atoms. The van der Waals surface area contributed by atoms with Gasteiger partial charge in [0.1, 0.15) is 0 Å². The molecule has 3 heteroatoms. The van der Waals surface area contributed by atoms with Crippen molar-refractivity contribution < 1.29 is 5.21 Å². The Morgan fingerprint density at radius 1 is 1.22 bits per heavy atom. The number of hydrogen-bond acceptors (Lipinski definition) is 3. The molecule has 1 aliphatic rings. The third-order valence-corrected chi connectivity index (χ3v) is 1.93. The lowest BCUT2D eigenvalue weighted by molar-refractivity contribution is -0.0814. The van der Waals surface area contributed by atoms with Crippen LogP contribution >= 0.6 is 11.8 Å². The second kappa shape index (κ2) is 6.39. The van der Waals surface area contributed by atoms with Crippen molar-refractivity contribution in [2.24, 2.45) is 0 Å². The molecule has 1 aliphatic heterocycles. The zero-order valence-electron chi connectivity index (χ0n) is 6.13. The topological polar surface area (TPSA) is 23.5 Å². The first-order valence-electron chi connectivity index (χ1n) is 3.41. The molecule has 0 atom stereocenters. The maximum Gasteiger partial charge on any atom is 0.0329 e. The first-order chi connectivity index (χ1) is 4.39. The van der Waals surface area contributed by atoms with Gasteiger partial charge in [-0.3, -0.25) is 0 Å². The van der Waals surface area contributed by atoms with Crippen LogP contribution in [0.4, 0.5) is 0 Å². The summed E-state index contributed by atoms with van der Waals surface area (Å²) in [4.78, 5) is 0. The van der Waals surface area contributed by atoms with Crippen LogP contribution < -0.4 is 0 Å². The van der Waals surface area contributed by atoms with E-state index in [1.165, 1.54) is 5.06 Å². The maximum atomic E-state index is 8.73. The summed E-state index contributed by atoms with van der Waals surface area (Å²) in [5.74, 6) is 2.16. The number of rotatable bonds is 0. The quantitative estimate of drug-likeness (QED) is 0.564. The van der Waals surface area contributed by atoms with Gasteiger partial charge in [-0.15, -0.1) is 0 Å². The number of hydrogen-bond donors (Lipinski definition) is 1. The Kier molecular flexibility index (Phi) is 6.58. The minimum absolute atomic E-state index is 0.838. The van der Waals surface area contributed by atoms with Crippen LogP contribution in [0.2, 0.25) is 0 Å². The summed E-state index contributed by atoms with van der Waals surface area (Å²) >= 11 is 1.90. The van der Waals surface area contributed by atoms with Crippen molar-refractivity contribution in [1.82, 2.24) is 5.06 Å². The molecular formula is C6H15NOS. The molecule has 1 saturated heterocycles. The summed E-state index contributed by atoms with van der Waals surface area (Å²) in [6.45, 7) is 5.68. The molecule has 1 fully saturated rings. The zero-order valence-corrected chi connectivity index (χ0v) is 6.95. The molecule has 0 amide bonds. The van der Waals surface area contributed by atoms with Gasteiger partial charge in [0.15, 0.2) is 0 Å². The molecule has 1 rings (SSSR count). The third-order valence-electron chi connectivity index (χ3n) is 0.987. The van der Waals surface area contributed by atoms with Gasteiger partial charge in [0.2, 0.25) is 0 Å². The predicted octanol–water partition coefficient (Wildman–Crippen LogP) is 1.45. The molecular weight excluding hydrogens is 134 g/mol. The van der Waals surface area contributed by atoms with Crippen LogP contribution in [0.15, 0.2) is 0 Å². The van der Waals surface area contributed by atoms with E-state index in [4.69, 9.17) is 5.21 Å². The number of thioether (sulfide) groups is 1. The van der Waals surface area contributed by atoms with Gasteiger partial charge in [-0.1, -0.05) is 13.8 Å². The Bertz CT molecular complexity index is 55.0. The average molecular weight is 149 g/mol. The van der Waals surface area contributed by atoms with Crippen molar-refractivity contribution in [3.05, 3.63) is 0 Å². The number of hydroxylamine groups is 2. The van der Waals surface area contributed by atoms with Crippen molar-refractivity contribution in [2.75, 3.05) is 24.6 Å². The van der Waals surface area contributed by atoms with E-state index in [-0.39, 0.29) is 0 Å². The Labute approximate surface area is 61.2 Å². The van der Waals surface area contributed by atoms with Gasteiger partial charge in [0, 0.05) is 24.6 Å². The SMILES string of the molecule is CC.ON1CCSCC1. The van der Waals surface area contributed by atoms with E-state index in [0.29, 0.717) is 0 Å². The highest BCUT2D eigenvalue weighted by molar-refractivity contribution is 7.99. The van der Waals surface area contributed by atoms with Crippen LogP contribution in [0.3, 0.4) is 0 Å².